The highest BCUT2D eigenvalue weighted by molar-refractivity contribution is 6.32. The number of hydrogen-bond acceptors (Lipinski definition) is 3. The third-order valence-corrected chi connectivity index (χ3v) is 3.82. The van der Waals surface area contributed by atoms with E-state index < -0.39 is 0 Å². The molecule has 0 atom stereocenters. The molecule has 1 aliphatic rings. The van der Waals surface area contributed by atoms with Crippen LogP contribution in [-0.2, 0) is 12.4 Å². The number of hydrogen-bond donors (Lipinski definition) is 0. The zero-order chi connectivity index (χ0) is 13.2. The molecule has 0 aliphatic heterocycles. The van der Waals surface area contributed by atoms with Gasteiger partial charge in [0.2, 0.25) is 0 Å². The van der Waals surface area contributed by atoms with Crippen LogP contribution in [0.1, 0.15) is 24.3 Å². The Morgan fingerprint density at radius 3 is 2.79 bits per heavy atom. The molecule has 1 fully saturated rings. The van der Waals surface area contributed by atoms with Crippen molar-refractivity contribution < 1.29 is 4.42 Å². The molecule has 2 aromatic heterocycles. The number of aromatic nitrogens is 1. The molecule has 19 heavy (non-hydrogen) atoms. The van der Waals surface area contributed by atoms with E-state index in [2.05, 4.69) is 9.88 Å². The summed E-state index contributed by atoms with van der Waals surface area (Å²) in [6.07, 6.45) is 4.09. The summed E-state index contributed by atoms with van der Waals surface area (Å²) in [7, 11) is 0. The van der Waals surface area contributed by atoms with Crippen molar-refractivity contribution in [3.05, 3.63) is 47.0 Å². The molecule has 0 amide bonds. The van der Waals surface area contributed by atoms with Gasteiger partial charge in [-0.05, 0) is 37.1 Å². The Labute approximate surface area is 122 Å². The van der Waals surface area contributed by atoms with Gasteiger partial charge in [-0.15, -0.1) is 11.6 Å². The first kappa shape index (κ1) is 12.8. The minimum atomic E-state index is 0.325. The fourth-order valence-electron chi connectivity index (χ4n) is 2.08. The van der Waals surface area contributed by atoms with Crippen LogP contribution in [0.2, 0.25) is 5.02 Å². The highest BCUT2D eigenvalue weighted by Crippen LogP contribution is 2.33. The summed E-state index contributed by atoms with van der Waals surface area (Å²) < 4.78 is 5.42. The third-order valence-electron chi connectivity index (χ3n) is 3.22. The lowest BCUT2D eigenvalue weighted by Crippen LogP contribution is -2.26. The van der Waals surface area contributed by atoms with Gasteiger partial charge < -0.3 is 9.32 Å². The van der Waals surface area contributed by atoms with E-state index >= 15 is 0 Å². The van der Waals surface area contributed by atoms with Crippen molar-refractivity contribution in [2.45, 2.75) is 31.3 Å². The number of alkyl halides is 1. The fraction of sp³-hybridized carbons (Fsp3) is 0.357. The minimum Gasteiger partial charge on any atom is -0.467 e. The topological polar surface area (TPSA) is 29.3 Å². The van der Waals surface area contributed by atoms with Gasteiger partial charge in [0.15, 0.2) is 0 Å². The van der Waals surface area contributed by atoms with Crippen molar-refractivity contribution in [1.29, 1.82) is 0 Å². The zero-order valence-corrected chi connectivity index (χ0v) is 11.9. The molecule has 2 aromatic rings. The Hall–Kier alpha value is -1.19. The highest BCUT2D eigenvalue weighted by Gasteiger charge is 2.30. The van der Waals surface area contributed by atoms with E-state index in [1.165, 1.54) is 12.8 Å². The summed E-state index contributed by atoms with van der Waals surface area (Å²) in [5.41, 5.74) is 0.728. The first-order valence-corrected chi connectivity index (χ1v) is 7.19. The predicted octanol–water partition coefficient (Wildman–Crippen LogP) is 4.24. The molecule has 0 aromatic carbocycles. The van der Waals surface area contributed by atoms with E-state index in [0.717, 1.165) is 23.8 Å². The Morgan fingerprint density at radius 2 is 2.16 bits per heavy atom. The van der Waals surface area contributed by atoms with Gasteiger partial charge in [-0.1, -0.05) is 11.6 Å². The van der Waals surface area contributed by atoms with Gasteiger partial charge in [0.25, 0.3) is 0 Å². The smallest absolute Gasteiger partial charge is 0.129 e. The molecular formula is C14H14Cl2N2O. The molecule has 0 saturated heterocycles. The minimum absolute atomic E-state index is 0.325. The quantitative estimate of drug-likeness (QED) is 0.773. The van der Waals surface area contributed by atoms with E-state index in [9.17, 15) is 0 Å². The van der Waals surface area contributed by atoms with E-state index in [4.69, 9.17) is 27.6 Å². The van der Waals surface area contributed by atoms with Gasteiger partial charge in [0.05, 0.1) is 29.4 Å². The molecule has 0 spiro atoms. The normalized spacial score (nSPS) is 14.6. The van der Waals surface area contributed by atoms with E-state index in [1.54, 1.807) is 6.26 Å². The Bertz CT molecular complexity index is 553. The Balaban J connectivity index is 1.87. The van der Waals surface area contributed by atoms with Crippen LogP contribution in [-0.4, -0.2) is 11.0 Å². The molecule has 2 heterocycles. The third kappa shape index (κ3) is 2.88. The number of pyridine rings is 1. The van der Waals surface area contributed by atoms with Crippen molar-refractivity contribution in [2.24, 2.45) is 0 Å². The number of furan rings is 1. The molecule has 3 nitrogen and oxygen atoms in total. The number of nitrogens with zero attached hydrogens (tertiary/aromatic N) is 2. The summed E-state index contributed by atoms with van der Waals surface area (Å²) in [6.45, 7) is 0.730. The van der Waals surface area contributed by atoms with Crippen molar-refractivity contribution in [1.82, 2.24) is 4.98 Å². The average molecular weight is 297 g/mol. The predicted molar refractivity (Wildman–Crippen MR) is 76.7 cm³/mol. The number of anilines is 1. The van der Waals surface area contributed by atoms with Crippen LogP contribution in [0, 0.1) is 0 Å². The van der Waals surface area contributed by atoms with Crippen LogP contribution in [0.4, 0.5) is 5.82 Å². The SMILES string of the molecule is ClCc1nc(N(Cc2ccco2)C2CC2)ccc1Cl. The molecule has 1 aliphatic carbocycles. The fourth-order valence-corrected chi connectivity index (χ4v) is 2.52. The molecule has 1 saturated carbocycles. The summed E-state index contributed by atoms with van der Waals surface area (Å²) >= 11 is 11.9. The maximum absolute atomic E-state index is 6.05. The summed E-state index contributed by atoms with van der Waals surface area (Å²) in [5, 5.41) is 0.618. The van der Waals surface area contributed by atoms with Gasteiger partial charge in [0, 0.05) is 6.04 Å². The second-order valence-electron chi connectivity index (χ2n) is 4.67. The lowest BCUT2D eigenvalue weighted by molar-refractivity contribution is 0.500. The van der Waals surface area contributed by atoms with E-state index in [-0.39, 0.29) is 0 Å². The lowest BCUT2D eigenvalue weighted by atomic mass is 10.3. The second-order valence-corrected chi connectivity index (χ2v) is 5.34. The maximum atomic E-state index is 6.05. The first-order valence-electron chi connectivity index (χ1n) is 6.28. The first-order chi connectivity index (χ1) is 9.28. The molecule has 100 valence electrons. The van der Waals surface area contributed by atoms with Crippen molar-refractivity contribution in [2.75, 3.05) is 4.90 Å². The van der Waals surface area contributed by atoms with Gasteiger partial charge in [-0.25, -0.2) is 4.98 Å². The van der Waals surface area contributed by atoms with E-state index in [1.807, 2.05) is 24.3 Å². The molecule has 0 bridgehead atoms. The monoisotopic (exact) mass is 296 g/mol. The van der Waals surface area contributed by atoms with Crippen LogP contribution in [0.15, 0.2) is 34.9 Å². The zero-order valence-electron chi connectivity index (χ0n) is 10.4. The largest absolute Gasteiger partial charge is 0.467 e. The van der Waals surface area contributed by atoms with Crippen LogP contribution in [0.25, 0.3) is 0 Å². The second kappa shape index (κ2) is 5.43. The Morgan fingerprint density at radius 1 is 1.32 bits per heavy atom. The maximum Gasteiger partial charge on any atom is 0.129 e. The van der Waals surface area contributed by atoms with Gasteiger partial charge in [0.1, 0.15) is 11.6 Å². The van der Waals surface area contributed by atoms with Crippen molar-refractivity contribution in [3.63, 3.8) is 0 Å². The van der Waals surface area contributed by atoms with E-state index in [0.29, 0.717) is 16.9 Å². The molecule has 0 N–H and O–H groups in total. The molecule has 5 heteroatoms. The highest BCUT2D eigenvalue weighted by atomic mass is 35.5. The van der Waals surface area contributed by atoms with Crippen LogP contribution in [0.3, 0.4) is 0 Å². The van der Waals surface area contributed by atoms with Gasteiger partial charge in [-0.2, -0.15) is 0 Å². The molecule has 0 radical (unpaired) electrons. The van der Waals surface area contributed by atoms with Crippen LogP contribution >= 0.6 is 23.2 Å². The lowest BCUT2D eigenvalue weighted by Gasteiger charge is -2.23. The van der Waals surface area contributed by atoms with Gasteiger partial charge >= 0.3 is 0 Å². The summed E-state index contributed by atoms with van der Waals surface area (Å²) in [6, 6.07) is 8.23. The average Bonchev–Trinajstić information content (AvgIpc) is 3.14. The number of halogens is 2. The number of rotatable bonds is 5. The molecular weight excluding hydrogens is 283 g/mol. The van der Waals surface area contributed by atoms with Crippen molar-refractivity contribution in [3.8, 4) is 0 Å². The van der Waals surface area contributed by atoms with Crippen LogP contribution < -0.4 is 4.90 Å². The molecule has 3 rings (SSSR count). The summed E-state index contributed by atoms with van der Waals surface area (Å²) in [4.78, 5) is 6.81. The molecule has 0 unspecified atom stereocenters. The Kier molecular flexibility index (Phi) is 3.67. The summed E-state index contributed by atoms with van der Waals surface area (Å²) in [5.74, 6) is 2.18. The standard InChI is InChI=1S/C14H14Cl2N2O/c15-8-13-12(16)5-6-14(17-13)18(10-3-4-10)9-11-2-1-7-19-11/h1-2,5-7,10H,3-4,8-9H2. The van der Waals surface area contributed by atoms with Gasteiger partial charge in [-0.3, -0.25) is 0 Å². The van der Waals surface area contributed by atoms with Crippen LogP contribution in [0.5, 0.6) is 0 Å². The van der Waals surface area contributed by atoms with Crippen molar-refractivity contribution >= 4 is 29.0 Å².